The molecule has 0 amide bonds. The van der Waals surface area contributed by atoms with E-state index in [0.29, 0.717) is 5.69 Å². The fourth-order valence-corrected chi connectivity index (χ4v) is 2.14. The Balaban J connectivity index is 2.75. The maximum Gasteiger partial charge on any atom is 0.336 e. The Kier molecular flexibility index (Phi) is 3.57. The van der Waals surface area contributed by atoms with E-state index in [1.54, 1.807) is 22.9 Å². The molecule has 0 N–H and O–H groups in total. The molecule has 2 rings (SSSR count). The maximum absolute atomic E-state index is 11.3. The number of rotatable bonds is 3. The topological polar surface area (TPSA) is 70.2 Å². The van der Waals surface area contributed by atoms with Crippen LogP contribution in [0.3, 0.4) is 0 Å². The fraction of sp³-hybridized carbons (Fsp3) is 0.250. The Bertz CT molecular complexity index is 652. The van der Waals surface area contributed by atoms with Gasteiger partial charge in [0.2, 0.25) is 0 Å². The van der Waals surface area contributed by atoms with E-state index in [1.807, 2.05) is 13.8 Å². The van der Waals surface area contributed by atoms with Crippen molar-refractivity contribution in [3.8, 4) is 11.4 Å². The molecule has 0 spiro atoms. The van der Waals surface area contributed by atoms with Crippen molar-refractivity contribution in [2.75, 3.05) is 7.11 Å². The number of nitro groups is 1. The normalized spacial score (nSPS) is 10.5. The van der Waals surface area contributed by atoms with Crippen LogP contribution in [0.25, 0.3) is 5.69 Å². The Morgan fingerprint density at radius 3 is 2.58 bits per heavy atom. The number of nitro benzene ring substituents is 1. The van der Waals surface area contributed by atoms with Gasteiger partial charge in [0.25, 0.3) is 0 Å². The first-order chi connectivity index (χ1) is 8.97. The van der Waals surface area contributed by atoms with Crippen LogP contribution in [0.4, 0.5) is 5.69 Å². The highest BCUT2D eigenvalue weighted by atomic mass is 79.9. The summed E-state index contributed by atoms with van der Waals surface area (Å²) in [5.74, 6) is 0.214. The van der Waals surface area contributed by atoms with Crippen molar-refractivity contribution in [3.05, 3.63) is 44.2 Å². The predicted molar refractivity (Wildman–Crippen MR) is 73.9 cm³/mol. The predicted octanol–water partition coefficient (Wildman–Crippen LogP) is 3.17. The lowest BCUT2D eigenvalue weighted by Gasteiger charge is -2.08. The van der Waals surface area contributed by atoms with E-state index in [4.69, 9.17) is 4.74 Å². The summed E-state index contributed by atoms with van der Waals surface area (Å²) in [5.41, 5.74) is 1.86. The van der Waals surface area contributed by atoms with Gasteiger partial charge in [-0.2, -0.15) is 5.10 Å². The van der Waals surface area contributed by atoms with Crippen molar-refractivity contribution < 1.29 is 9.66 Å². The van der Waals surface area contributed by atoms with Gasteiger partial charge in [-0.15, -0.1) is 0 Å². The Labute approximate surface area is 118 Å². The molecule has 100 valence electrons. The zero-order valence-electron chi connectivity index (χ0n) is 10.7. The Hall–Kier alpha value is -1.89. The van der Waals surface area contributed by atoms with E-state index in [0.717, 1.165) is 15.9 Å². The summed E-state index contributed by atoms with van der Waals surface area (Å²) in [4.78, 5) is 10.8. The third kappa shape index (κ3) is 2.21. The number of hydrogen-bond donors (Lipinski definition) is 0. The van der Waals surface area contributed by atoms with E-state index in [1.165, 1.54) is 7.11 Å². The van der Waals surface area contributed by atoms with Crippen LogP contribution >= 0.6 is 15.9 Å². The number of hydrogen-bond acceptors (Lipinski definition) is 4. The van der Waals surface area contributed by atoms with E-state index >= 15 is 0 Å². The van der Waals surface area contributed by atoms with Gasteiger partial charge in [0.05, 0.1) is 27.9 Å². The molecule has 6 nitrogen and oxygen atoms in total. The zero-order chi connectivity index (χ0) is 14.2. The first kappa shape index (κ1) is 13.5. The molecule has 1 heterocycles. The average Bonchev–Trinajstić information content (AvgIpc) is 2.65. The molecule has 0 fully saturated rings. The summed E-state index contributed by atoms with van der Waals surface area (Å²) in [7, 11) is 1.41. The van der Waals surface area contributed by atoms with Gasteiger partial charge in [-0.1, -0.05) is 6.07 Å². The summed E-state index contributed by atoms with van der Waals surface area (Å²) >= 11 is 3.41. The van der Waals surface area contributed by atoms with E-state index in [2.05, 4.69) is 21.0 Å². The molecule has 19 heavy (non-hydrogen) atoms. The van der Waals surface area contributed by atoms with Gasteiger partial charge in [0.1, 0.15) is 5.69 Å². The van der Waals surface area contributed by atoms with Crippen molar-refractivity contribution in [3.63, 3.8) is 0 Å². The molecule has 1 aromatic carbocycles. The van der Waals surface area contributed by atoms with Crippen LogP contribution in [-0.2, 0) is 0 Å². The summed E-state index contributed by atoms with van der Waals surface area (Å²) < 4.78 is 7.43. The molecule has 0 radical (unpaired) electrons. The van der Waals surface area contributed by atoms with Crippen LogP contribution in [0.2, 0.25) is 0 Å². The summed E-state index contributed by atoms with van der Waals surface area (Å²) in [5, 5.41) is 15.6. The number of methoxy groups -OCH3 is 1. The van der Waals surface area contributed by atoms with Crippen molar-refractivity contribution in [2.24, 2.45) is 0 Å². The quantitative estimate of drug-likeness (QED) is 0.642. The highest BCUT2D eigenvalue weighted by Gasteiger charge is 2.24. The largest absolute Gasteiger partial charge is 0.490 e. The minimum atomic E-state index is -0.460. The summed E-state index contributed by atoms with van der Waals surface area (Å²) in [6.07, 6.45) is 0. The lowest BCUT2D eigenvalue weighted by atomic mass is 10.2. The molecule has 0 atom stereocenters. The molecule has 0 unspecified atom stereocenters. The van der Waals surface area contributed by atoms with Crippen LogP contribution in [0.15, 0.2) is 22.7 Å². The lowest BCUT2D eigenvalue weighted by molar-refractivity contribution is -0.385. The monoisotopic (exact) mass is 325 g/mol. The van der Waals surface area contributed by atoms with Crippen LogP contribution in [-0.4, -0.2) is 21.8 Å². The number of nitrogens with zero attached hydrogens (tertiary/aromatic N) is 3. The molecule has 0 saturated heterocycles. The minimum Gasteiger partial charge on any atom is -0.490 e. The number of aryl methyl sites for hydroxylation is 1. The molecular formula is C12H12BrN3O3. The maximum atomic E-state index is 11.3. The standard InChI is InChI=1S/C12H12BrN3O3/c1-7-11(13)8(2)15(14-7)9-5-4-6-10(19-3)12(9)16(17)18/h4-6H,1-3H3. The Morgan fingerprint density at radius 2 is 2.11 bits per heavy atom. The second kappa shape index (κ2) is 5.00. The van der Waals surface area contributed by atoms with E-state index in [-0.39, 0.29) is 11.4 Å². The van der Waals surface area contributed by atoms with Crippen LogP contribution in [0.1, 0.15) is 11.4 Å². The highest BCUT2D eigenvalue weighted by Crippen LogP contribution is 2.34. The second-order valence-electron chi connectivity index (χ2n) is 3.98. The first-order valence-corrected chi connectivity index (χ1v) is 6.30. The van der Waals surface area contributed by atoms with Gasteiger partial charge in [0.15, 0.2) is 5.75 Å². The number of benzene rings is 1. The number of ether oxygens (including phenoxy) is 1. The van der Waals surface area contributed by atoms with E-state index < -0.39 is 4.92 Å². The Morgan fingerprint density at radius 1 is 1.42 bits per heavy atom. The van der Waals surface area contributed by atoms with Crippen LogP contribution in [0.5, 0.6) is 5.75 Å². The lowest BCUT2D eigenvalue weighted by Crippen LogP contribution is -2.05. The van der Waals surface area contributed by atoms with Gasteiger partial charge in [-0.3, -0.25) is 10.1 Å². The van der Waals surface area contributed by atoms with Crippen molar-refractivity contribution >= 4 is 21.6 Å². The fourth-order valence-electron chi connectivity index (χ4n) is 1.89. The van der Waals surface area contributed by atoms with Gasteiger partial charge >= 0.3 is 5.69 Å². The summed E-state index contributed by atoms with van der Waals surface area (Å²) in [6, 6.07) is 4.90. The minimum absolute atomic E-state index is 0.0944. The molecule has 1 aromatic heterocycles. The third-order valence-corrected chi connectivity index (χ3v) is 3.96. The molecular weight excluding hydrogens is 314 g/mol. The zero-order valence-corrected chi connectivity index (χ0v) is 12.3. The SMILES string of the molecule is COc1cccc(-n2nc(C)c(Br)c2C)c1[N+](=O)[O-]. The number of para-hydroxylation sites is 1. The van der Waals surface area contributed by atoms with Crippen LogP contribution < -0.4 is 4.74 Å². The molecule has 0 bridgehead atoms. The molecule has 0 aliphatic heterocycles. The molecule has 0 aliphatic carbocycles. The molecule has 2 aromatic rings. The highest BCUT2D eigenvalue weighted by molar-refractivity contribution is 9.10. The van der Waals surface area contributed by atoms with Gasteiger partial charge in [-0.25, -0.2) is 4.68 Å². The number of halogens is 1. The van der Waals surface area contributed by atoms with Crippen LogP contribution in [0, 0.1) is 24.0 Å². The number of aromatic nitrogens is 2. The average molecular weight is 326 g/mol. The van der Waals surface area contributed by atoms with Crippen molar-refractivity contribution in [2.45, 2.75) is 13.8 Å². The first-order valence-electron chi connectivity index (χ1n) is 5.50. The van der Waals surface area contributed by atoms with Gasteiger partial charge in [-0.05, 0) is 41.9 Å². The summed E-state index contributed by atoms with van der Waals surface area (Å²) in [6.45, 7) is 3.67. The smallest absolute Gasteiger partial charge is 0.336 e. The van der Waals surface area contributed by atoms with Crippen molar-refractivity contribution in [1.29, 1.82) is 0 Å². The molecule has 0 saturated carbocycles. The van der Waals surface area contributed by atoms with Gasteiger partial charge in [0, 0.05) is 0 Å². The third-order valence-electron chi connectivity index (χ3n) is 2.81. The second-order valence-corrected chi connectivity index (χ2v) is 4.77. The molecule has 0 aliphatic rings. The van der Waals surface area contributed by atoms with E-state index in [9.17, 15) is 10.1 Å². The molecule has 7 heteroatoms. The van der Waals surface area contributed by atoms with Crippen molar-refractivity contribution in [1.82, 2.24) is 9.78 Å². The van der Waals surface area contributed by atoms with Gasteiger partial charge < -0.3 is 4.74 Å².